The third-order valence-corrected chi connectivity index (χ3v) is 5.64. The molecule has 1 aromatic rings. The van der Waals surface area contributed by atoms with Gasteiger partial charge in [-0.25, -0.2) is 12.8 Å². The Bertz CT molecular complexity index is 690. The number of likely N-dealkylation sites (tertiary alicyclic amines) is 1. The summed E-state index contributed by atoms with van der Waals surface area (Å²) in [5, 5.41) is 3.16. The van der Waals surface area contributed by atoms with Gasteiger partial charge in [-0.05, 0) is 12.1 Å². The molecule has 0 radical (unpaired) electrons. The van der Waals surface area contributed by atoms with E-state index in [-0.39, 0.29) is 17.5 Å². The Morgan fingerprint density at radius 1 is 1.23 bits per heavy atom. The van der Waals surface area contributed by atoms with Crippen LogP contribution < -0.4 is 5.32 Å². The highest BCUT2D eigenvalue weighted by Gasteiger charge is 2.48. The van der Waals surface area contributed by atoms with E-state index < -0.39 is 26.1 Å². The summed E-state index contributed by atoms with van der Waals surface area (Å²) in [5.41, 5.74) is -4.97. The molecule has 1 spiro atoms. The molecule has 0 aliphatic carbocycles. The zero-order valence-electron chi connectivity index (χ0n) is 11.5. The van der Waals surface area contributed by atoms with Crippen LogP contribution in [0.2, 0.25) is 0 Å². The largest absolute Gasteiger partial charge is 0.501 e. The lowest BCUT2D eigenvalue weighted by Crippen LogP contribution is -2.70. The van der Waals surface area contributed by atoms with Gasteiger partial charge in [0, 0.05) is 43.7 Å². The minimum atomic E-state index is -5.51. The van der Waals surface area contributed by atoms with Gasteiger partial charge in [-0.1, -0.05) is 6.07 Å². The van der Waals surface area contributed by atoms with Crippen LogP contribution in [0.3, 0.4) is 0 Å². The maximum Gasteiger partial charge on any atom is 0.501 e. The second-order valence-corrected chi connectivity index (χ2v) is 7.89. The zero-order chi connectivity index (χ0) is 16.2. The predicted molar refractivity (Wildman–Crippen MR) is 70.2 cm³/mol. The monoisotopic (exact) mass is 338 g/mol. The molecule has 122 valence electrons. The van der Waals surface area contributed by atoms with Gasteiger partial charge in [0.05, 0.1) is 4.90 Å². The first-order valence-electron chi connectivity index (χ1n) is 6.66. The van der Waals surface area contributed by atoms with Crippen molar-refractivity contribution in [2.24, 2.45) is 5.41 Å². The molecule has 9 heteroatoms. The number of hydrogen-bond donors (Lipinski definition) is 1. The summed E-state index contributed by atoms with van der Waals surface area (Å²) in [6.07, 6.45) is 0. The average molecular weight is 338 g/mol. The first-order chi connectivity index (χ1) is 10.1. The Kier molecular flexibility index (Phi) is 3.50. The Morgan fingerprint density at radius 2 is 1.86 bits per heavy atom. The summed E-state index contributed by atoms with van der Waals surface area (Å²) in [7, 11) is -5.51. The Hall–Kier alpha value is -1.19. The third kappa shape index (κ3) is 2.50. The highest BCUT2D eigenvalue weighted by molar-refractivity contribution is 7.92. The summed E-state index contributed by atoms with van der Waals surface area (Å²) < 4.78 is 73.7. The van der Waals surface area contributed by atoms with E-state index in [1.54, 1.807) is 0 Å². The van der Waals surface area contributed by atoms with E-state index in [4.69, 9.17) is 0 Å². The number of sulfone groups is 1. The normalized spacial score (nSPS) is 21.5. The number of halogens is 4. The number of rotatable bonds is 3. The van der Waals surface area contributed by atoms with Crippen molar-refractivity contribution in [2.75, 3.05) is 26.2 Å². The highest BCUT2D eigenvalue weighted by atomic mass is 32.2. The molecule has 0 saturated carbocycles. The molecule has 0 aromatic heterocycles. The van der Waals surface area contributed by atoms with Crippen LogP contribution in [0, 0.1) is 11.2 Å². The van der Waals surface area contributed by atoms with Crippen molar-refractivity contribution < 1.29 is 26.0 Å². The Balaban J connectivity index is 1.73. The lowest BCUT2D eigenvalue weighted by Gasteiger charge is -2.56. The summed E-state index contributed by atoms with van der Waals surface area (Å²) in [4.78, 5) is 0.918. The van der Waals surface area contributed by atoms with E-state index in [9.17, 15) is 26.0 Å². The zero-order valence-corrected chi connectivity index (χ0v) is 12.3. The quantitative estimate of drug-likeness (QED) is 0.849. The van der Waals surface area contributed by atoms with E-state index in [0.29, 0.717) is 6.07 Å². The van der Waals surface area contributed by atoms with Crippen molar-refractivity contribution in [1.29, 1.82) is 0 Å². The fourth-order valence-electron chi connectivity index (χ4n) is 2.91. The molecule has 2 aliphatic heterocycles. The van der Waals surface area contributed by atoms with Crippen LogP contribution in [0.25, 0.3) is 0 Å². The summed E-state index contributed by atoms with van der Waals surface area (Å²) in [6, 6.07) is 2.36. The van der Waals surface area contributed by atoms with Crippen molar-refractivity contribution >= 4 is 9.84 Å². The van der Waals surface area contributed by atoms with E-state index in [1.165, 1.54) is 0 Å². The number of alkyl halides is 3. The van der Waals surface area contributed by atoms with Gasteiger partial charge in [0.15, 0.2) is 0 Å². The third-order valence-electron chi connectivity index (χ3n) is 4.15. The molecule has 22 heavy (non-hydrogen) atoms. The van der Waals surface area contributed by atoms with Crippen LogP contribution in [0.4, 0.5) is 17.6 Å². The number of hydrogen-bond acceptors (Lipinski definition) is 4. The molecule has 2 fully saturated rings. The van der Waals surface area contributed by atoms with Crippen molar-refractivity contribution in [3.8, 4) is 0 Å². The topological polar surface area (TPSA) is 49.4 Å². The van der Waals surface area contributed by atoms with Crippen molar-refractivity contribution in [3.05, 3.63) is 29.6 Å². The first-order valence-corrected chi connectivity index (χ1v) is 8.14. The van der Waals surface area contributed by atoms with Crippen molar-refractivity contribution in [1.82, 2.24) is 10.2 Å². The molecule has 0 amide bonds. The summed E-state index contributed by atoms with van der Waals surface area (Å²) in [6.45, 7) is 3.73. The Labute approximate surface area is 125 Å². The minimum absolute atomic E-state index is 0.197. The van der Waals surface area contributed by atoms with Gasteiger partial charge >= 0.3 is 5.51 Å². The maximum atomic E-state index is 13.9. The van der Waals surface area contributed by atoms with Crippen LogP contribution in [0.15, 0.2) is 23.1 Å². The summed E-state index contributed by atoms with van der Waals surface area (Å²) in [5.74, 6) is -0.932. The highest BCUT2D eigenvalue weighted by Crippen LogP contribution is 2.36. The van der Waals surface area contributed by atoms with Crippen LogP contribution in [0.5, 0.6) is 0 Å². The molecule has 1 N–H and O–H groups in total. The molecule has 4 nitrogen and oxygen atoms in total. The molecule has 0 bridgehead atoms. The minimum Gasteiger partial charge on any atom is -0.315 e. The Morgan fingerprint density at radius 3 is 2.32 bits per heavy atom. The lowest BCUT2D eigenvalue weighted by molar-refractivity contribution is -0.0451. The van der Waals surface area contributed by atoms with E-state index in [1.807, 2.05) is 4.90 Å². The number of nitrogens with zero attached hydrogens (tertiary/aromatic N) is 1. The van der Waals surface area contributed by atoms with Crippen LogP contribution >= 0.6 is 0 Å². The van der Waals surface area contributed by atoms with Gasteiger partial charge in [-0.2, -0.15) is 13.2 Å². The lowest BCUT2D eigenvalue weighted by atomic mass is 9.74. The van der Waals surface area contributed by atoms with E-state index >= 15 is 0 Å². The molecule has 2 heterocycles. The molecule has 2 aliphatic rings. The van der Waals surface area contributed by atoms with Gasteiger partial charge in [0.25, 0.3) is 9.84 Å². The van der Waals surface area contributed by atoms with Crippen molar-refractivity contribution in [2.45, 2.75) is 16.9 Å². The van der Waals surface area contributed by atoms with Gasteiger partial charge in [-0.15, -0.1) is 0 Å². The molecule has 1 aromatic carbocycles. The van der Waals surface area contributed by atoms with Crippen LogP contribution in [-0.4, -0.2) is 45.0 Å². The molecule has 0 unspecified atom stereocenters. The second-order valence-electron chi connectivity index (χ2n) is 5.95. The average Bonchev–Trinajstić information content (AvgIpc) is 2.30. The number of benzene rings is 1. The van der Waals surface area contributed by atoms with E-state index in [0.717, 1.165) is 38.3 Å². The standard InChI is InChI=1S/C13H14F4N2O2S/c14-11-3-10(22(20,21)13(15,16)17)2-1-9(11)4-19-7-12(8-19)5-18-6-12/h1-3,18H,4-8H2. The van der Waals surface area contributed by atoms with Gasteiger partial charge < -0.3 is 5.32 Å². The predicted octanol–water partition coefficient (Wildman–Crippen LogP) is 1.52. The maximum absolute atomic E-state index is 13.9. The van der Waals surface area contributed by atoms with Gasteiger partial charge in [0.2, 0.25) is 0 Å². The van der Waals surface area contributed by atoms with Crippen molar-refractivity contribution in [3.63, 3.8) is 0 Å². The molecule has 3 rings (SSSR count). The fourth-order valence-corrected chi connectivity index (χ4v) is 3.69. The van der Waals surface area contributed by atoms with Crippen LogP contribution in [-0.2, 0) is 16.4 Å². The first kappa shape index (κ1) is 15.7. The fraction of sp³-hybridized carbons (Fsp3) is 0.538. The second kappa shape index (κ2) is 4.90. The molecule has 2 saturated heterocycles. The van der Waals surface area contributed by atoms with Crippen LogP contribution in [0.1, 0.15) is 5.56 Å². The SMILES string of the molecule is O=S(=O)(c1ccc(CN2CC3(CNC3)C2)c(F)c1)C(F)(F)F. The summed E-state index contributed by atoms with van der Waals surface area (Å²) >= 11 is 0. The number of nitrogens with one attached hydrogen (secondary N) is 1. The van der Waals surface area contributed by atoms with Gasteiger partial charge in [0.1, 0.15) is 5.82 Å². The molecule has 0 atom stereocenters. The molecular formula is C13H14F4N2O2S. The van der Waals surface area contributed by atoms with E-state index in [2.05, 4.69) is 5.32 Å². The smallest absolute Gasteiger partial charge is 0.315 e. The molecular weight excluding hydrogens is 324 g/mol. The van der Waals surface area contributed by atoms with Gasteiger partial charge in [-0.3, -0.25) is 4.90 Å².